The molecule has 0 radical (unpaired) electrons. The highest BCUT2D eigenvalue weighted by Gasteiger charge is 2.10. The first-order valence-corrected chi connectivity index (χ1v) is 6.92. The Labute approximate surface area is 130 Å². The first-order chi connectivity index (χ1) is 10.0. The SMILES string of the molecule is CC(=O)Nc1ccc2oc(-c3ccc(Cl)c(Cl)c3)nc2c1. The first kappa shape index (κ1) is 13.9. The Bertz CT molecular complexity index is 843. The van der Waals surface area contributed by atoms with Gasteiger partial charge >= 0.3 is 0 Å². The highest BCUT2D eigenvalue weighted by atomic mass is 35.5. The highest BCUT2D eigenvalue weighted by Crippen LogP contribution is 2.30. The van der Waals surface area contributed by atoms with Crippen molar-refractivity contribution in [1.82, 2.24) is 4.98 Å². The molecule has 0 atom stereocenters. The molecule has 1 heterocycles. The van der Waals surface area contributed by atoms with Gasteiger partial charge in [0.15, 0.2) is 5.58 Å². The van der Waals surface area contributed by atoms with Gasteiger partial charge in [-0.2, -0.15) is 0 Å². The molecule has 0 aliphatic heterocycles. The van der Waals surface area contributed by atoms with E-state index in [2.05, 4.69) is 10.3 Å². The lowest BCUT2D eigenvalue weighted by Crippen LogP contribution is -2.05. The molecule has 0 aliphatic rings. The number of carbonyl (C=O) groups excluding carboxylic acids is 1. The van der Waals surface area contributed by atoms with Crippen LogP contribution in [0.1, 0.15) is 6.92 Å². The van der Waals surface area contributed by atoms with Crippen LogP contribution in [0.25, 0.3) is 22.6 Å². The molecule has 6 heteroatoms. The molecule has 1 N–H and O–H groups in total. The molecule has 1 amide bonds. The number of aromatic nitrogens is 1. The normalized spacial score (nSPS) is 10.8. The number of nitrogens with zero attached hydrogens (tertiary/aromatic N) is 1. The van der Waals surface area contributed by atoms with Crippen molar-refractivity contribution in [3.63, 3.8) is 0 Å². The van der Waals surface area contributed by atoms with Gasteiger partial charge < -0.3 is 9.73 Å². The lowest BCUT2D eigenvalue weighted by Gasteiger charge is -1.99. The summed E-state index contributed by atoms with van der Waals surface area (Å²) in [6.07, 6.45) is 0. The molecule has 0 saturated heterocycles. The van der Waals surface area contributed by atoms with Crippen molar-refractivity contribution >= 4 is 45.9 Å². The number of anilines is 1. The number of hydrogen-bond donors (Lipinski definition) is 1. The summed E-state index contributed by atoms with van der Waals surface area (Å²) in [5.41, 5.74) is 2.69. The van der Waals surface area contributed by atoms with Crippen LogP contribution in [0, 0.1) is 0 Å². The van der Waals surface area contributed by atoms with E-state index in [1.807, 2.05) is 0 Å². The topological polar surface area (TPSA) is 55.1 Å². The summed E-state index contributed by atoms with van der Waals surface area (Å²) in [5.74, 6) is 0.311. The van der Waals surface area contributed by atoms with Crippen molar-refractivity contribution in [2.45, 2.75) is 6.92 Å². The number of hydrogen-bond acceptors (Lipinski definition) is 3. The lowest BCUT2D eigenvalue weighted by atomic mass is 10.2. The summed E-state index contributed by atoms with van der Waals surface area (Å²) in [6.45, 7) is 1.45. The van der Waals surface area contributed by atoms with Gasteiger partial charge in [-0.25, -0.2) is 4.98 Å². The monoisotopic (exact) mass is 320 g/mol. The Kier molecular flexibility index (Phi) is 3.57. The molecule has 0 saturated carbocycles. The van der Waals surface area contributed by atoms with Crippen LogP contribution in [0.5, 0.6) is 0 Å². The minimum Gasteiger partial charge on any atom is -0.436 e. The van der Waals surface area contributed by atoms with E-state index < -0.39 is 0 Å². The maximum Gasteiger partial charge on any atom is 0.227 e. The molecule has 4 nitrogen and oxygen atoms in total. The fraction of sp³-hybridized carbons (Fsp3) is 0.0667. The van der Waals surface area contributed by atoms with Gasteiger partial charge in [-0.3, -0.25) is 4.79 Å². The third-order valence-electron chi connectivity index (χ3n) is 2.87. The second kappa shape index (κ2) is 5.39. The predicted molar refractivity (Wildman–Crippen MR) is 83.8 cm³/mol. The maximum absolute atomic E-state index is 11.1. The molecule has 0 spiro atoms. The summed E-state index contributed by atoms with van der Waals surface area (Å²) < 4.78 is 5.68. The number of carbonyl (C=O) groups is 1. The molecule has 0 unspecified atom stereocenters. The fourth-order valence-electron chi connectivity index (χ4n) is 1.96. The van der Waals surface area contributed by atoms with Crippen LogP contribution in [0.3, 0.4) is 0 Å². The molecule has 21 heavy (non-hydrogen) atoms. The van der Waals surface area contributed by atoms with Gasteiger partial charge in [0, 0.05) is 18.2 Å². The standard InChI is InChI=1S/C15H10Cl2N2O2/c1-8(20)18-10-3-5-14-13(7-10)19-15(21-14)9-2-4-11(16)12(17)6-9/h2-7H,1H3,(H,18,20). The minimum atomic E-state index is -0.137. The van der Waals surface area contributed by atoms with Gasteiger partial charge in [-0.05, 0) is 36.4 Å². The van der Waals surface area contributed by atoms with Crippen molar-refractivity contribution in [2.75, 3.05) is 5.32 Å². The summed E-state index contributed by atoms with van der Waals surface area (Å²) in [5, 5.41) is 3.62. The highest BCUT2D eigenvalue weighted by molar-refractivity contribution is 6.42. The average Bonchev–Trinajstić information content (AvgIpc) is 2.84. The van der Waals surface area contributed by atoms with Crippen molar-refractivity contribution in [3.05, 3.63) is 46.4 Å². The van der Waals surface area contributed by atoms with Gasteiger partial charge in [0.1, 0.15) is 5.52 Å². The summed E-state index contributed by atoms with van der Waals surface area (Å²) in [7, 11) is 0. The van der Waals surface area contributed by atoms with E-state index in [0.29, 0.717) is 32.7 Å². The van der Waals surface area contributed by atoms with Crippen LogP contribution in [0.15, 0.2) is 40.8 Å². The lowest BCUT2D eigenvalue weighted by molar-refractivity contribution is -0.114. The van der Waals surface area contributed by atoms with E-state index in [4.69, 9.17) is 27.6 Å². The molecule has 0 bridgehead atoms. The predicted octanol–water partition coefficient (Wildman–Crippen LogP) is 4.76. The zero-order valence-corrected chi connectivity index (χ0v) is 12.5. The van der Waals surface area contributed by atoms with E-state index in [1.54, 1.807) is 36.4 Å². The Morgan fingerprint density at radius 3 is 2.67 bits per heavy atom. The van der Waals surface area contributed by atoms with Gasteiger partial charge in [-0.1, -0.05) is 23.2 Å². The first-order valence-electron chi connectivity index (χ1n) is 6.16. The fourth-order valence-corrected chi connectivity index (χ4v) is 2.26. The molecule has 3 aromatic rings. The quantitative estimate of drug-likeness (QED) is 0.740. The van der Waals surface area contributed by atoms with Crippen LogP contribution in [0.2, 0.25) is 10.0 Å². The molecule has 2 aromatic carbocycles. The van der Waals surface area contributed by atoms with E-state index in [0.717, 1.165) is 5.56 Å². The minimum absolute atomic E-state index is 0.137. The molecular formula is C15H10Cl2N2O2. The van der Waals surface area contributed by atoms with Crippen molar-refractivity contribution in [1.29, 1.82) is 0 Å². The number of oxazole rings is 1. The zero-order valence-electron chi connectivity index (χ0n) is 11.0. The Hall–Kier alpha value is -2.04. The van der Waals surface area contributed by atoms with Crippen molar-refractivity contribution < 1.29 is 9.21 Å². The molecule has 1 aromatic heterocycles. The third kappa shape index (κ3) is 2.86. The number of nitrogens with one attached hydrogen (secondary N) is 1. The molecular weight excluding hydrogens is 311 g/mol. The second-order valence-electron chi connectivity index (χ2n) is 4.51. The van der Waals surface area contributed by atoms with Crippen LogP contribution in [0.4, 0.5) is 5.69 Å². The van der Waals surface area contributed by atoms with Crippen molar-refractivity contribution in [3.8, 4) is 11.5 Å². The third-order valence-corrected chi connectivity index (χ3v) is 3.61. The van der Waals surface area contributed by atoms with Gasteiger partial charge in [0.25, 0.3) is 0 Å². The van der Waals surface area contributed by atoms with Crippen LogP contribution < -0.4 is 5.32 Å². The van der Waals surface area contributed by atoms with E-state index in [9.17, 15) is 4.79 Å². The Morgan fingerprint density at radius 1 is 1.14 bits per heavy atom. The molecule has 3 rings (SSSR count). The van der Waals surface area contributed by atoms with E-state index in [-0.39, 0.29) is 5.91 Å². The second-order valence-corrected chi connectivity index (χ2v) is 5.33. The summed E-state index contributed by atoms with van der Waals surface area (Å²) in [4.78, 5) is 15.5. The number of amides is 1. The molecule has 0 fully saturated rings. The number of benzene rings is 2. The van der Waals surface area contributed by atoms with Crippen LogP contribution >= 0.6 is 23.2 Å². The Morgan fingerprint density at radius 2 is 1.95 bits per heavy atom. The number of fused-ring (bicyclic) bond motifs is 1. The van der Waals surface area contributed by atoms with Gasteiger partial charge in [0.05, 0.1) is 10.0 Å². The number of rotatable bonds is 2. The number of halogens is 2. The van der Waals surface area contributed by atoms with Crippen LogP contribution in [-0.2, 0) is 4.79 Å². The smallest absolute Gasteiger partial charge is 0.227 e. The summed E-state index contributed by atoms with van der Waals surface area (Å²) in [6, 6.07) is 10.4. The largest absolute Gasteiger partial charge is 0.436 e. The van der Waals surface area contributed by atoms with E-state index in [1.165, 1.54) is 6.92 Å². The molecule has 106 valence electrons. The van der Waals surface area contributed by atoms with Crippen molar-refractivity contribution in [2.24, 2.45) is 0 Å². The average molecular weight is 321 g/mol. The Balaban J connectivity index is 2.04. The molecule has 0 aliphatic carbocycles. The van der Waals surface area contributed by atoms with Gasteiger partial charge in [-0.15, -0.1) is 0 Å². The van der Waals surface area contributed by atoms with E-state index >= 15 is 0 Å². The summed E-state index contributed by atoms with van der Waals surface area (Å²) >= 11 is 11.9. The van der Waals surface area contributed by atoms with Gasteiger partial charge in [0.2, 0.25) is 11.8 Å². The van der Waals surface area contributed by atoms with Crippen LogP contribution in [-0.4, -0.2) is 10.9 Å². The maximum atomic E-state index is 11.1. The zero-order chi connectivity index (χ0) is 15.0.